The molecule has 5 heteroatoms. The molecular weight excluding hydrogens is 232 g/mol. The summed E-state index contributed by atoms with van der Waals surface area (Å²) in [6, 6.07) is 0.109. The summed E-state index contributed by atoms with van der Waals surface area (Å²) in [6.45, 7) is 6.97. The summed E-state index contributed by atoms with van der Waals surface area (Å²) >= 11 is 0. The minimum absolute atomic E-state index is 0.0180. The number of piperidine rings is 1. The second-order valence-electron chi connectivity index (χ2n) is 5.67. The Hall–Kier alpha value is -0.650. The van der Waals surface area contributed by atoms with Gasteiger partial charge in [-0.15, -0.1) is 0 Å². The molecule has 5 nitrogen and oxygen atoms in total. The largest absolute Gasteiger partial charge is 0.394 e. The topological polar surface area (TPSA) is 61.8 Å². The zero-order valence-electron chi connectivity index (χ0n) is 11.3. The third-order valence-electron chi connectivity index (χ3n) is 3.91. The number of aliphatic hydroxyl groups excluding tert-OH is 1. The summed E-state index contributed by atoms with van der Waals surface area (Å²) in [7, 11) is 0. The van der Waals surface area contributed by atoms with Crippen molar-refractivity contribution < 1.29 is 14.6 Å². The molecule has 1 amide bonds. The summed E-state index contributed by atoms with van der Waals surface area (Å²) in [5.41, 5.74) is 0. The van der Waals surface area contributed by atoms with Crippen LogP contribution in [0.4, 0.5) is 0 Å². The predicted octanol–water partition coefficient (Wildman–Crippen LogP) is -0.160. The van der Waals surface area contributed by atoms with Gasteiger partial charge in [0.05, 0.1) is 31.3 Å². The summed E-state index contributed by atoms with van der Waals surface area (Å²) in [5.74, 6) is 0.842. The molecule has 4 atom stereocenters. The third-order valence-corrected chi connectivity index (χ3v) is 3.91. The number of rotatable bonds is 2. The molecule has 0 aliphatic carbocycles. The SMILES string of the molecule is CC1CNCC(C(=O)N2CC(CO)OCC2C)C1. The molecule has 0 bridgehead atoms. The fraction of sp³-hybridized carbons (Fsp3) is 0.923. The van der Waals surface area contributed by atoms with Crippen molar-refractivity contribution in [2.45, 2.75) is 32.4 Å². The molecule has 4 unspecified atom stereocenters. The average molecular weight is 256 g/mol. The molecule has 2 N–H and O–H groups in total. The van der Waals surface area contributed by atoms with Crippen LogP contribution in [-0.4, -0.2) is 60.9 Å². The van der Waals surface area contributed by atoms with E-state index >= 15 is 0 Å². The lowest BCUT2D eigenvalue weighted by Gasteiger charge is -2.40. The fourth-order valence-corrected chi connectivity index (χ4v) is 2.81. The highest BCUT2D eigenvalue weighted by atomic mass is 16.5. The molecule has 2 aliphatic heterocycles. The molecule has 2 saturated heterocycles. The number of ether oxygens (including phenoxy) is 1. The molecule has 2 fully saturated rings. The first-order valence-electron chi connectivity index (χ1n) is 6.85. The van der Waals surface area contributed by atoms with Crippen molar-refractivity contribution in [3.8, 4) is 0 Å². The maximum atomic E-state index is 12.5. The van der Waals surface area contributed by atoms with Crippen LogP contribution in [0.5, 0.6) is 0 Å². The van der Waals surface area contributed by atoms with E-state index in [1.807, 2.05) is 11.8 Å². The number of aliphatic hydroxyl groups is 1. The van der Waals surface area contributed by atoms with Gasteiger partial charge in [0.15, 0.2) is 0 Å². The number of hydrogen-bond donors (Lipinski definition) is 2. The van der Waals surface area contributed by atoms with Gasteiger partial charge in [-0.1, -0.05) is 6.92 Å². The van der Waals surface area contributed by atoms with Crippen LogP contribution in [0.25, 0.3) is 0 Å². The fourth-order valence-electron chi connectivity index (χ4n) is 2.81. The van der Waals surface area contributed by atoms with E-state index in [-0.39, 0.29) is 30.6 Å². The van der Waals surface area contributed by atoms with Crippen LogP contribution in [0.15, 0.2) is 0 Å². The standard InChI is InChI=1S/C13H24N2O3/c1-9-3-11(5-14-4-9)13(17)15-6-12(7-16)18-8-10(15)2/h9-12,14,16H,3-8H2,1-2H3. The number of nitrogens with one attached hydrogen (secondary N) is 1. The Balaban J connectivity index is 1.97. The van der Waals surface area contributed by atoms with Crippen molar-refractivity contribution in [2.24, 2.45) is 11.8 Å². The van der Waals surface area contributed by atoms with Gasteiger partial charge in [-0.2, -0.15) is 0 Å². The maximum Gasteiger partial charge on any atom is 0.227 e. The van der Waals surface area contributed by atoms with Crippen LogP contribution in [0.1, 0.15) is 20.3 Å². The van der Waals surface area contributed by atoms with Gasteiger partial charge >= 0.3 is 0 Å². The molecule has 18 heavy (non-hydrogen) atoms. The van der Waals surface area contributed by atoms with E-state index in [1.165, 1.54) is 0 Å². The molecule has 2 heterocycles. The molecule has 104 valence electrons. The van der Waals surface area contributed by atoms with Crippen molar-refractivity contribution >= 4 is 5.91 Å². The summed E-state index contributed by atoms with van der Waals surface area (Å²) in [6.07, 6.45) is 0.735. The lowest BCUT2D eigenvalue weighted by atomic mass is 9.90. The van der Waals surface area contributed by atoms with Gasteiger partial charge in [-0.25, -0.2) is 0 Å². The van der Waals surface area contributed by atoms with Gasteiger partial charge in [-0.3, -0.25) is 4.79 Å². The first-order chi connectivity index (χ1) is 8.61. The molecule has 0 radical (unpaired) electrons. The normalized spacial score (nSPS) is 37.6. The van der Waals surface area contributed by atoms with Crippen LogP contribution in [0.2, 0.25) is 0 Å². The Morgan fingerprint density at radius 2 is 2.22 bits per heavy atom. The second-order valence-corrected chi connectivity index (χ2v) is 5.67. The molecule has 0 aromatic carbocycles. The lowest BCUT2D eigenvalue weighted by Crippen LogP contribution is -2.55. The van der Waals surface area contributed by atoms with E-state index in [0.29, 0.717) is 19.1 Å². The van der Waals surface area contributed by atoms with Gasteiger partial charge in [0.1, 0.15) is 0 Å². The lowest BCUT2D eigenvalue weighted by molar-refractivity contribution is -0.151. The van der Waals surface area contributed by atoms with Gasteiger partial charge < -0.3 is 20.1 Å². The minimum atomic E-state index is -0.223. The van der Waals surface area contributed by atoms with Crippen molar-refractivity contribution in [1.29, 1.82) is 0 Å². The van der Waals surface area contributed by atoms with Gasteiger partial charge in [0.25, 0.3) is 0 Å². The smallest absolute Gasteiger partial charge is 0.227 e. The monoisotopic (exact) mass is 256 g/mol. The van der Waals surface area contributed by atoms with E-state index in [2.05, 4.69) is 12.2 Å². The molecular formula is C13H24N2O3. The average Bonchev–Trinajstić information content (AvgIpc) is 2.38. The number of hydrogen-bond acceptors (Lipinski definition) is 4. The summed E-state index contributed by atoms with van der Waals surface area (Å²) in [5, 5.41) is 12.5. The highest BCUT2D eigenvalue weighted by Crippen LogP contribution is 2.21. The van der Waals surface area contributed by atoms with Crippen molar-refractivity contribution in [3.05, 3.63) is 0 Å². The van der Waals surface area contributed by atoms with Crippen molar-refractivity contribution in [1.82, 2.24) is 10.2 Å². The van der Waals surface area contributed by atoms with Crippen LogP contribution in [-0.2, 0) is 9.53 Å². The number of carbonyl (C=O) groups is 1. The molecule has 2 aliphatic rings. The second kappa shape index (κ2) is 5.99. The van der Waals surface area contributed by atoms with Crippen LogP contribution in [0.3, 0.4) is 0 Å². The van der Waals surface area contributed by atoms with Gasteiger partial charge in [-0.05, 0) is 25.8 Å². The van der Waals surface area contributed by atoms with Crippen LogP contribution in [0, 0.1) is 11.8 Å². The Morgan fingerprint density at radius 3 is 2.89 bits per heavy atom. The Labute approximate surface area is 108 Å². The summed E-state index contributed by atoms with van der Waals surface area (Å²) < 4.78 is 5.47. The van der Waals surface area contributed by atoms with E-state index in [9.17, 15) is 4.79 Å². The van der Waals surface area contributed by atoms with E-state index in [4.69, 9.17) is 9.84 Å². The Morgan fingerprint density at radius 1 is 1.44 bits per heavy atom. The molecule has 2 rings (SSSR count). The zero-order chi connectivity index (χ0) is 13.1. The number of morpholine rings is 1. The molecule has 0 aromatic rings. The van der Waals surface area contributed by atoms with Crippen molar-refractivity contribution in [3.63, 3.8) is 0 Å². The first-order valence-corrected chi connectivity index (χ1v) is 6.85. The number of nitrogens with zero attached hydrogens (tertiary/aromatic N) is 1. The Kier molecular flexibility index (Phi) is 4.59. The van der Waals surface area contributed by atoms with E-state index in [1.54, 1.807) is 0 Å². The molecule has 0 spiro atoms. The van der Waals surface area contributed by atoms with Gasteiger partial charge in [0, 0.05) is 13.1 Å². The summed E-state index contributed by atoms with van der Waals surface area (Å²) in [4.78, 5) is 14.4. The van der Waals surface area contributed by atoms with Crippen LogP contribution < -0.4 is 5.32 Å². The van der Waals surface area contributed by atoms with Crippen molar-refractivity contribution in [2.75, 3.05) is 32.8 Å². The minimum Gasteiger partial charge on any atom is -0.394 e. The third kappa shape index (κ3) is 3.02. The molecule has 0 saturated carbocycles. The molecule has 0 aromatic heterocycles. The number of amides is 1. The quantitative estimate of drug-likeness (QED) is 0.721. The number of carbonyl (C=O) groups excluding carboxylic acids is 1. The van der Waals surface area contributed by atoms with E-state index in [0.717, 1.165) is 19.5 Å². The first kappa shape index (κ1) is 13.8. The van der Waals surface area contributed by atoms with E-state index < -0.39 is 0 Å². The highest BCUT2D eigenvalue weighted by molar-refractivity contribution is 5.79. The highest BCUT2D eigenvalue weighted by Gasteiger charge is 2.34. The zero-order valence-corrected chi connectivity index (χ0v) is 11.3. The maximum absolute atomic E-state index is 12.5. The van der Waals surface area contributed by atoms with Gasteiger partial charge in [0.2, 0.25) is 5.91 Å². The Bertz CT molecular complexity index is 298. The predicted molar refractivity (Wildman–Crippen MR) is 68.1 cm³/mol. The van der Waals surface area contributed by atoms with Crippen LogP contribution >= 0.6 is 0 Å².